The number of piperidine rings is 1. The van der Waals surface area contributed by atoms with Gasteiger partial charge in [-0.3, -0.25) is 9.59 Å². The zero-order valence-corrected chi connectivity index (χ0v) is 13.4. The number of hydrogen-bond donors (Lipinski definition) is 1. The molecule has 2 aromatic rings. The van der Waals surface area contributed by atoms with Crippen molar-refractivity contribution in [2.45, 2.75) is 31.1 Å². The summed E-state index contributed by atoms with van der Waals surface area (Å²) in [5, 5.41) is 6.51. The van der Waals surface area contributed by atoms with Crippen molar-refractivity contribution in [2.75, 3.05) is 18.4 Å². The quantitative estimate of drug-likeness (QED) is 0.901. The first-order chi connectivity index (χ1) is 12.1. The summed E-state index contributed by atoms with van der Waals surface area (Å²) in [6.07, 6.45) is 2.90. The van der Waals surface area contributed by atoms with E-state index >= 15 is 0 Å². The molecule has 3 heterocycles. The Morgan fingerprint density at radius 3 is 2.84 bits per heavy atom. The van der Waals surface area contributed by atoms with Crippen molar-refractivity contribution in [3.63, 3.8) is 0 Å². The molecule has 1 aromatic carbocycles. The van der Waals surface area contributed by atoms with Crippen LogP contribution in [0.15, 0.2) is 29.1 Å². The van der Waals surface area contributed by atoms with Gasteiger partial charge in [-0.2, -0.15) is 4.98 Å². The first kappa shape index (κ1) is 15.7. The van der Waals surface area contributed by atoms with E-state index in [4.69, 9.17) is 4.52 Å². The number of nitrogens with one attached hydrogen (secondary N) is 1. The molecule has 1 unspecified atom stereocenters. The van der Waals surface area contributed by atoms with Gasteiger partial charge in [0.1, 0.15) is 5.82 Å². The number of amides is 2. The predicted octanol–water partition coefficient (Wildman–Crippen LogP) is 2.04. The molecule has 0 spiro atoms. The van der Waals surface area contributed by atoms with Crippen LogP contribution in [0.25, 0.3) is 0 Å². The third-order valence-corrected chi connectivity index (χ3v) is 4.90. The second kappa shape index (κ2) is 6.27. The van der Waals surface area contributed by atoms with Crippen molar-refractivity contribution < 1.29 is 18.5 Å². The lowest BCUT2D eigenvalue weighted by Crippen LogP contribution is -2.42. The van der Waals surface area contributed by atoms with Crippen LogP contribution in [0.1, 0.15) is 42.5 Å². The van der Waals surface area contributed by atoms with Gasteiger partial charge in [0.05, 0.1) is 5.92 Å². The topological polar surface area (TPSA) is 88.3 Å². The maximum absolute atomic E-state index is 13.4. The van der Waals surface area contributed by atoms with Crippen LogP contribution in [0.5, 0.6) is 0 Å². The number of hydrogen-bond acceptors (Lipinski definition) is 5. The molecule has 2 aliphatic rings. The summed E-state index contributed by atoms with van der Waals surface area (Å²) < 4.78 is 18.2. The molecular formula is C17H17FN4O3. The van der Waals surface area contributed by atoms with E-state index in [1.165, 1.54) is 18.5 Å². The van der Waals surface area contributed by atoms with Crippen LogP contribution in [0, 0.1) is 5.82 Å². The summed E-state index contributed by atoms with van der Waals surface area (Å²) in [5.74, 6) is -0.504. The van der Waals surface area contributed by atoms with Gasteiger partial charge in [-0.15, -0.1) is 0 Å². The van der Waals surface area contributed by atoms with Crippen molar-refractivity contribution in [3.05, 3.63) is 41.8 Å². The fourth-order valence-electron chi connectivity index (χ4n) is 3.59. The normalized spacial score (nSPS) is 20.9. The molecule has 25 heavy (non-hydrogen) atoms. The zero-order chi connectivity index (χ0) is 17.4. The van der Waals surface area contributed by atoms with Crippen LogP contribution in [0.2, 0.25) is 0 Å². The highest BCUT2D eigenvalue weighted by Crippen LogP contribution is 2.35. The number of carbonyl (C=O) groups excluding carboxylic acids is 2. The number of likely N-dealkylation sites (tertiary alicyclic amines) is 1. The van der Waals surface area contributed by atoms with E-state index in [1.807, 2.05) is 0 Å². The molecule has 0 bridgehead atoms. The van der Waals surface area contributed by atoms with Crippen LogP contribution < -0.4 is 5.32 Å². The molecule has 8 heteroatoms. The number of anilines is 1. The highest BCUT2D eigenvalue weighted by atomic mass is 19.1. The number of fused-ring (bicyclic) bond motifs is 1. The van der Waals surface area contributed by atoms with Gasteiger partial charge >= 0.3 is 0 Å². The zero-order valence-electron chi connectivity index (χ0n) is 13.4. The van der Waals surface area contributed by atoms with Crippen LogP contribution in [-0.2, 0) is 9.59 Å². The molecular weight excluding hydrogens is 327 g/mol. The lowest BCUT2D eigenvalue weighted by atomic mass is 9.88. The van der Waals surface area contributed by atoms with Gasteiger partial charge in [0.2, 0.25) is 18.2 Å². The highest BCUT2D eigenvalue weighted by molar-refractivity contribution is 6.01. The van der Waals surface area contributed by atoms with Crippen molar-refractivity contribution in [2.24, 2.45) is 0 Å². The lowest BCUT2D eigenvalue weighted by molar-refractivity contribution is -0.136. The Kier molecular flexibility index (Phi) is 3.95. The minimum Gasteiger partial charge on any atom is -0.343 e. The summed E-state index contributed by atoms with van der Waals surface area (Å²) in [7, 11) is 0. The maximum atomic E-state index is 13.4. The lowest BCUT2D eigenvalue weighted by Gasteiger charge is -2.34. The van der Waals surface area contributed by atoms with Gasteiger partial charge in [-0.05, 0) is 30.5 Å². The largest absolute Gasteiger partial charge is 0.343 e. The first-order valence-electron chi connectivity index (χ1n) is 8.26. The Hall–Kier alpha value is -2.77. The maximum Gasteiger partial charge on any atom is 0.230 e. The fourth-order valence-corrected chi connectivity index (χ4v) is 3.59. The predicted molar refractivity (Wildman–Crippen MR) is 85.2 cm³/mol. The molecule has 1 saturated heterocycles. The summed E-state index contributed by atoms with van der Waals surface area (Å²) >= 11 is 0. The van der Waals surface area contributed by atoms with Crippen LogP contribution in [0.3, 0.4) is 0 Å². The molecule has 0 radical (unpaired) electrons. The molecule has 1 N–H and O–H groups in total. The van der Waals surface area contributed by atoms with Crippen molar-refractivity contribution in [1.29, 1.82) is 0 Å². The minimum absolute atomic E-state index is 0.0856. The van der Waals surface area contributed by atoms with E-state index in [-0.39, 0.29) is 24.2 Å². The van der Waals surface area contributed by atoms with Crippen molar-refractivity contribution >= 4 is 17.5 Å². The van der Waals surface area contributed by atoms with E-state index in [1.54, 1.807) is 11.0 Å². The SMILES string of the molecule is O=C1CC(C(=O)N2CCC(c3ncon3)CC2)c2ccc(F)cc2N1. The molecule has 1 atom stereocenters. The monoisotopic (exact) mass is 344 g/mol. The standard InChI is InChI=1S/C17H17FN4O3/c18-11-1-2-12-13(8-15(23)20-14(12)7-11)17(24)22-5-3-10(4-6-22)16-19-9-25-21-16/h1-2,7,9-10,13H,3-6,8H2,(H,20,23). The Bertz CT molecular complexity index is 800. The third-order valence-electron chi connectivity index (χ3n) is 4.90. The van der Waals surface area contributed by atoms with Crippen LogP contribution in [0.4, 0.5) is 10.1 Å². The van der Waals surface area contributed by atoms with Gasteiger partial charge in [0.15, 0.2) is 5.82 Å². The minimum atomic E-state index is -0.564. The number of benzene rings is 1. The molecule has 7 nitrogen and oxygen atoms in total. The van der Waals surface area contributed by atoms with E-state index < -0.39 is 11.7 Å². The van der Waals surface area contributed by atoms with Gasteiger partial charge in [0, 0.05) is 31.1 Å². The van der Waals surface area contributed by atoms with Crippen molar-refractivity contribution in [3.8, 4) is 0 Å². The number of aromatic nitrogens is 2. The first-order valence-corrected chi connectivity index (χ1v) is 8.26. The number of carbonyl (C=O) groups is 2. The Balaban J connectivity index is 1.49. The van der Waals surface area contributed by atoms with E-state index in [0.717, 1.165) is 12.8 Å². The number of rotatable bonds is 2. The fraction of sp³-hybridized carbons (Fsp3) is 0.412. The average molecular weight is 344 g/mol. The Labute approximate surface area is 143 Å². The van der Waals surface area contributed by atoms with Gasteiger partial charge in [-0.1, -0.05) is 11.2 Å². The van der Waals surface area contributed by atoms with E-state index in [2.05, 4.69) is 15.5 Å². The second-order valence-electron chi connectivity index (χ2n) is 6.43. The van der Waals surface area contributed by atoms with E-state index in [9.17, 15) is 14.0 Å². The summed E-state index contributed by atoms with van der Waals surface area (Å²) in [6, 6.07) is 4.16. The van der Waals surface area contributed by atoms with Gasteiger partial charge in [0.25, 0.3) is 0 Å². The Morgan fingerprint density at radius 2 is 2.12 bits per heavy atom. The molecule has 2 amide bonds. The Morgan fingerprint density at radius 1 is 1.32 bits per heavy atom. The average Bonchev–Trinajstić information content (AvgIpc) is 3.15. The smallest absolute Gasteiger partial charge is 0.230 e. The van der Waals surface area contributed by atoms with Crippen molar-refractivity contribution in [1.82, 2.24) is 15.0 Å². The van der Waals surface area contributed by atoms with E-state index in [0.29, 0.717) is 30.2 Å². The summed E-state index contributed by atoms with van der Waals surface area (Å²) in [5.41, 5.74) is 1.06. The van der Waals surface area contributed by atoms with Crippen LogP contribution >= 0.6 is 0 Å². The molecule has 0 saturated carbocycles. The molecule has 1 aromatic heterocycles. The number of halogens is 1. The molecule has 130 valence electrons. The third kappa shape index (κ3) is 2.99. The summed E-state index contributed by atoms with van der Waals surface area (Å²) in [6.45, 7) is 1.15. The molecule has 0 aliphatic carbocycles. The number of nitrogens with zero attached hydrogens (tertiary/aromatic N) is 3. The highest BCUT2D eigenvalue weighted by Gasteiger charge is 2.35. The second-order valence-corrected chi connectivity index (χ2v) is 6.43. The molecule has 4 rings (SSSR count). The summed E-state index contributed by atoms with van der Waals surface area (Å²) in [4.78, 5) is 30.7. The molecule has 1 fully saturated rings. The van der Waals surface area contributed by atoms with Gasteiger partial charge < -0.3 is 14.7 Å². The van der Waals surface area contributed by atoms with Gasteiger partial charge in [-0.25, -0.2) is 4.39 Å². The van der Waals surface area contributed by atoms with Crippen LogP contribution in [-0.4, -0.2) is 39.9 Å². The molecule has 2 aliphatic heterocycles.